The SMILES string of the molecule is CS(=O)(=O)c1ccc(NC(=O)c2ccc(Cl)c(S(=O)(=O)N3CCCCCC3)c2)cc1. The predicted octanol–water partition coefficient (Wildman–Crippen LogP) is 3.56. The fourth-order valence-corrected chi connectivity index (χ4v) is 5.90. The number of nitrogens with zero attached hydrogens (tertiary/aromatic N) is 1. The second-order valence-corrected chi connectivity index (χ2v) is 11.5. The zero-order valence-corrected chi connectivity index (χ0v) is 18.9. The van der Waals surface area contributed by atoms with Gasteiger partial charge in [0.15, 0.2) is 9.84 Å². The summed E-state index contributed by atoms with van der Waals surface area (Å²) < 4.78 is 50.7. The molecule has 0 unspecified atom stereocenters. The van der Waals surface area contributed by atoms with Crippen molar-refractivity contribution in [3.63, 3.8) is 0 Å². The first kappa shape index (κ1) is 22.7. The Hall–Kier alpha value is -1.94. The lowest BCUT2D eigenvalue weighted by atomic mass is 10.2. The Morgan fingerprint density at radius 3 is 2.10 bits per heavy atom. The highest BCUT2D eigenvalue weighted by atomic mass is 35.5. The number of amides is 1. The van der Waals surface area contributed by atoms with Gasteiger partial charge in [-0.15, -0.1) is 0 Å². The molecule has 30 heavy (non-hydrogen) atoms. The molecule has 0 atom stereocenters. The summed E-state index contributed by atoms with van der Waals surface area (Å²) in [6.07, 6.45) is 4.65. The standard InChI is InChI=1S/C20H23ClN2O5S2/c1-29(25,26)17-9-7-16(8-10-17)22-20(24)15-6-11-18(21)19(14-15)30(27,28)23-12-4-2-3-5-13-23/h6-11,14H,2-5,12-13H2,1H3,(H,22,24). The van der Waals surface area contributed by atoms with Crippen LogP contribution in [0.2, 0.25) is 5.02 Å². The average Bonchev–Trinajstić information content (AvgIpc) is 2.98. The summed E-state index contributed by atoms with van der Waals surface area (Å²) in [6.45, 7) is 0.865. The number of rotatable bonds is 5. The summed E-state index contributed by atoms with van der Waals surface area (Å²) in [5, 5.41) is 2.70. The summed E-state index contributed by atoms with van der Waals surface area (Å²) >= 11 is 6.17. The molecule has 1 fully saturated rings. The van der Waals surface area contributed by atoms with Crippen molar-refractivity contribution in [3.8, 4) is 0 Å². The maximum absolute atomic E-state index is 13.1. The van der Waals surface area contributed by atoms with Crippen molar-refractivity contribution in [2.24, 2.45) is 0 Å². The number of carbonyl (C=O) groups excluding carboxylic acids is 1. The molecule has 3 rings (SSSR count). The van der Waals surface area contributed by atoms with E-state index in [0.717, 1.165) is 31.9 Å². The Balaban J connectivity index is 1.84. The Kier molecular flexibility index (Phi) is 6.86. The number of hydrogen-bond acceptors (Lipinski definition) is 5. The van der Waals surface area contributed by atoms with Gasteiger partial charge in [-0.1, -0.05) is 24.4 Å². The summed E-state index contributed by atoms with van der Waals surface area (Å²) in [5.41, 5.74) is 0.527. The lowest BCUT2D eigenvalue weighted by molar-refractivity contribution is 0.102. The number of carbonyl (C=O) groups is 1. The zero-order chi connectivity index (χ0) is 21.9. The first-order valence-corrected chi connectivity index (χ1v) is 13.2. The molecule has 10 heteroatoms. The normalized spacial score (nSPS) is 16.1. The number of sulfone groups is 1. The Labute approximate surface area is 182 Å². The van der Waals surface area contributed by atoms with Gasteiger partial charge in [-0.3, -0.25) is 4.79 Å². The fraction of sp³-hybridized carbons (Fsp3) is 0.350. The maximum atomic E-state index is 13.1. The van der Waals surface area contributed by atoms with E-state index >= 15 is 0 Å². The molecule has 2 aromatic carbocycles. The van der Waals surface area contributed by atoms with Crippen molar-refractivity contribution >= 4 is 43.1 Å². The number of benzene rings is 2. The van der Waals surface area contributed by atoms with E-state index < -0.39 is 25.8 Å². The van der Waals surface area contributed by atoms with E-state index in [1.54, 1.807) is 0 Å². The summed E-state index contributed by atoms with van der Waals surface area (Å²) in [4.78, 5) is 12.7. The molecular formula is C20H23ClN2O5S2. The van der Waals surface area contributed by atoms with Gasteiger partial charge in [0.25, 0.3) is 5.91 Å². The third-order valence-electron chi connectivity index (χ3n) is 4.92. The molecule has 0 radical (unpaired) electrons. The molecule has 1 heterocycles. The van der Waals surface area contributed by atoms with Crippen molar-refractivity contribution in [3.05, 3.63) is 53.1 Å². The topological polar surface area (TPSA) is 101 Å². The Bertz CT molecular complexity index is 1140. The molecule has 1 aliphatic rings. The second kappa shape index (κ2) is 9.05. The van der Waals surface area contributed by atoms with E-state index in [1.807, 2.05) is 0 Å². The first-order chi connectivity index (χ1) is 14.1. The molecule has 0 aliphatic carbocycles. The van der Waals surface area contributed by atoms with Crippen LogP contribution in [0.3, 0.4) is 0 Å². The van der Waals surface area contributed by atoms with Gasteiger partial charge in [0.2, 0.25) is 10.0 Å². The molecule has 1 N–H and O–H groups in total. The Morgan fingerprint density at radius 1 is 0.933 bits per heavy atom. The fourth-order valence-electron chi connectivity index (χ4n) is 3.25. The quantitative estimate of drug-likeness (QED) is 0.720. The van der Waals surface area contributed by atoms with Crippen LogP contribution in [0.1, 0.15) is 36.0 Å². The minimum Gasteiger partial charge on any atom is -0.322 e. The second-order valence-electron chi connectivity index (χ2n) is 7.21. The van der Waals surface area contributed by atoms with Gasteiger partial charge >= 0.3 is 0 Å². The molecule has 162 valence electrons. The number of anilines is 1. The van der Waals surface area contributed by atoms with Gasteiger partial charge in [0.05, 0.1) is 9.92 Å². The van der Waals surface area contributed by atoms with E-state index in [1.165, 1.54) is 46.8 Å². The van der Waals surface area contributed by atoms with Gasteiger partial charge in [-0.25, -0.2) is 16.8 Å². The summed E-state index contributed by atoms with van der Waals surface area (Å²) in [7, 11) is -7.15. The highest BCUT2D eigenvalue weighted by molar-refractivity contribution is 7.90. The minimum absolute atomic E-state index is 0.0632. The van der Waals surface area contributed by atoms with Crippen molar-refractivity contribution in [1.82, 2.24) is 4.31 Å². The molecule has 1 aliphatic heterocycles. The van der Waals surface area contributed by atoms with Crippen molar-refractivity contribution in [2.45, 2.75) is 35.5 Å². The van der Waals surface area contributed by atoms with E-state index in [0.29, 0.717) is 18.8 Å². The van der Waals surface area contributed by atoms with Crippen molar-refractivity contribution in [1.29, 1.82) is 0 Å². The molecule has 0 bridgehead atoms. The third kappa shape index (κ3) is 5.21. The molecule has 2 aromatic rings. The van der Waals surface area contributed by atoms with E-state index in [9.17, 15) is 21.6 Å². The Morgan fingerprint density at radius 2 is 1.53 bits per heavy atom. The number of nitrogens with one attached hydrogen (secondary N) is 1. The van der Waals surface area contributed by atoms with Crippen molar-refractivity contribution < 1.29 is 21.6 Å². The van der Waals surface area contributed by atoms with Crippen LogP contribution in [0.4, 0.5) is 5.69 Å². The largest absolute Gasteiger partial charge is 0.322 e. The summed E-state index contributed by atoms with van der Waals surface area (Å²) in [5.74, 6) is -0.522. The molecule has 0 aromatic heterocycles. The van der Waals surface area contributed by atoms with Crippen LogP contribution in [-0.2, 0) is 19.9 Å². The van der Waals surface area contributed by atoms with Crippen LogP contribution in [0.15, 0.2) is 52.3 Å². The molecule has 7 nitrogen and oxygen atoms in total. The number of halogens is 1. The van der Waals surface area contributed by atoms with Crippen LogP contribution >= 0.6 is 11.6 Å². The van der Waals surface area contributed by atoms with Gasteiger partial charge in [0, 0.05) is 30.6 Å². The van der Waals surface area contributed by atoms with Gasteiger partial charge in [-0.05, 0) is 55.3 Å². The van der Waals surface area contributed by atoms with Crippen molar-refractivity contribution in [2.75, 3.05) is 24.7 Å². The highest BCUT2D eigenvalue weighted by Crippen LogP contribution is 2.28. The molecular weight excluding hydrogens is 448 g/mol. The predicted molar refractivity (Wildman–Crippen MR) is 116 cm³/mol. The highest BCUT2D eigenvalue weighted by Gasteiger charge is 2.28. The monoisotopic (exact) mass is 470 g/mol. The molecule has 0 spiro atoms. The average molecular weight is 471 g/mol. The molecule has 0 saturated carbocycles. The van der Waals surface area contributed by atoms with E-state index in [-0.39, 0.29) is 20.4 Å². The number of sulfonamides is 1. The first-order valence-electron chi connectivity index (χ1n) is 9.50. The number of hydrogen-bond donors (Lipinski definition) is 1. The smallest absolute Gasteiger partial charge is 0.255 e. The third-order valence-corrected chi connectivity index (χ3v) is 8.43. The van der Waals surface area contributed by atoms with E-state index in [4.69, 9.17) is 11.6 Å². The van der Waals surface area contributed by atoms with Gasteiger partial charge in [-0.2, -0.15) is 4.31 Å². The lowest BCUT2D eigenvalue weighted by Crippen LogP contribution is -2.32. The lowest BCUT2D eigenvalue weighted by Gasteiger charge is -2.21. The van der Waals surface area contributed by atoms with E-state index in [2.05, 4.69) is 5.32 Å². The maximum Gasteiger partial charge on any atom is 0.255 e. The summed E-state index contributed by atoms with van der Waals surface area (Å²) in [6, 6.07) is 9.85. The molecule has 1 amide bonds. The van der Waals surface area contributed by atoms with Crippen LogP contribution in [0.5, 0.6) is 0 Å². The van der Waals surface area contributed by atoms with Gasteiger partial charge in [0.1, 0.15) is 4.90 Å². The van der Waals surface area contributed by atoms with Crippen LogP contribution in [-0.4, -0.2) is 46.4 Å². The minimum atomic E-state index is -3.81. The van der Waals surface area contributed by atoms with Crippen LogP contribution in [0, 0.1) is 0 Å². The van der Waals surface area contributed by atoms with Crippen LogP contribution in [0.25, 0.3) is 0 Å². The van der Waals surface area contributed by atoms with Gasteiger partial charge < -0.3 is 5.32 Å². The zero-order valence-electron chi connectivity index (χ0n) is 16.5. The molecule has 1 saturated heterocycles. The van der Waals surface area contributed by atoms with Crippen LogP contribution < -0.4 is 5.32 Å².